The molecule has 23 heavy (non-hydrogen) atoms. The van der Waals surface area contributed by atoms with Crippen LogP contribution in [0.3, 0.4) is 0 Å². The van der Waals surface area contributed by atoms with Gasteiger partial charge in [0.2, 0.25) is 0 Å². The maximum Gasteiger partial charge on any atom is 0.274 e. The summed E-state index contributed by atoms with van der Waals surface area (Å²) in [4.78, 5) is 11.2. The zero-order valence-corrected chi connectivity index (χ0v) is 12.6. The number of ether oxygens (including phenoxy) is 1. The minimum absolute atomic E-state index is 0.0222. The molecule has 0 atom stereocenters. The molecule has 0 unspecified atom stereocenters. The molecule has 0 aromatic heterocycles. The van der Waals surface area contributed by atoms with Gasteiger partial charge in [0.1, 0.15) is 5.75 Å². The number of amides is 1. The Bertz CT molecular complexity index is 694. The van der Waals surface area contributed by atoms with Crippen LogP contribution in [0.2, 0.25) is 0 Å². The molecule has 2 N–H and O–H groups in total. The van der Waals surface area contributed by atoms with Crippen LogP contribution in [-0.2, 0) is 0 Å². The molecule has 3 rings (SSSR count). The summed E-state index contributed by atoms with van der Waals surface area (Å²) in [6, 6.07) is 11.5. The van der Waals surface area contributed by atoms with Crippen LogP contribution in [0.4, 0.5) is 4.39 Å². The quantitative estimate of drug-likeness (QED) is 0.649. The third-order valence-electron chi connectivity index (χ3n) is 4.23. The molecule has 1 aliphatic rings. The maximum atomic E-state index is 14.0. The molecule has 0 aliphatic heterocycles. The SMILES string of the molecule is O=C(NO)c1ccc(Oc2ccc(C3CCCC3)cc2)c(F)c1. The smallest absolute Gasteiger partial charge is 0.274 e. The fraction of sp³-hybridized carbons (Fsp3) is 0.278. The molecular weight excluding hydrogens is 297 g/mol. The number of carbonyl (C=O) groups is 1. The minimum atomic E-state index is -0.767. The van der Waals surface area contributed by atoms with Crippen LogP contribution in [-0.4, -0.2) is 11.1 Å². The van der Waals surface area contributed by atoms with Crippen molar-refractivity contribution in [3.05, 3.63) is 59.4 Å². The Morgan fingerprint density at radius 1 is 1.13 bits per heavy atom. The molecule has 1 aliphatic carbocycles. The molecule has 1 amide bonds. The molecule has 0 bridgehead atoms. The summed E-state index contributed by atoms with van der Waals surface area (Å²) in [5.41, 5.74) is 2.78. The van der Waals surface area contributed by atoms with E-state index in [-0.39, 0.29) is 11.3 Å². The van der Waals surface area contributed by atoms with E-state index >= 15 is 0 Å². The van der Waals surface area contributed by atoms with E-state index in [1.807, 2.05) is 24.3 Å². The largest absolute Gasteiger partial charge is 0.454 e. The van der Waals surface area contributed by atoms with Gasteiger partial charge in [-0.2, -0.15) is 0 Å². The summed E-state index contributed by atoms with van der Waals surface area (Å²) in [6.07, 6.45) is 5.01. The number of nitrogens with one attached hydrogen (secondary N) is 1. The molecule has 4 nitrogen and oxygen atoms in total. The summed E-state index contributed by atoms with van der Waals surface area (Å²) in [5, 5.41) is 8.55. The van der Waals surface area contributed by atoms with Gasteiger partial charge in [-0.3, -0.25) is 10.0 Å². The van der Waals surface area contributed by atoms with E-state index in [0.717, 1.165) is 6.07 Å². The lowest BCUT2D eigenvalue weighted by Gasteiger charge is -2.11. The Hall–Kier alpha value is -2.40. The molecular formula is C18H18FNO3. The van der Waals surface area contributed by atoms with Crippen molar-refractivity contribution in [3.8, 4) is 11.5 Å². The number of hydroxylamine groups is 1. The van der Waals surface area contributed by atoms with Crippen LogP contribution >= 0.6 is 0 Å². The molecule has 0 heterocycles. The van der Waals surface area contributed by atoms with Gasteiger partial charge in [-0.25, -0.2) is 9.87 Å². The second-order valence-electron chi connectivity index (χ2n) is 5.74. The Morgan fingerprint density at radius 3 is 2.43 bits per heavy atom. The standard InChI is InChI=1S/C18H18FNO3/c19-16-11-14(18(21)20-22)7-10-17(16)23-15-8-5-13(6-9-15)12-3-1-2-4-12/h5-12,22H,1-4H2,(H,20,21). The lowest BCUT2D eigenvalue weighted by Crippen LogP contribution is -2.18. The number of hydrogen-bond acceptors (Lipinski definition) is 3. The van der Waals surface area contributed by atoms with Gasteiger partial charge in [0.25, 0.3) is 5.91 Å². The molecule has 0 radical (unpaired) electrons. The zero-order valence-electron chi connectivity index (χ0n) is 12.6. The van der Waals surface area contributed by atoms with Crippen molar-refractivity contribution >= 4 is 5.91 Å². The molecule has 2 aromatic carbocycles. The summed E-state index contributed by atoms with van der Waals surface area (Å²) in [6.45, 7) is 0. The van der Waals surface area contributed by atoms with Crippen molar-refractivity contribution in [1.82, 2.24) is 5.48 Å². The van der Waals surface area contributed by atoms with Crippen molar-refractivity contribution in [1.29, 1.82) is 0 Å². The van der Waals surface area contributed by atoms with Crippen molar-refractivity contribution in [2.45, 2.75) is 31.6 Å². The Balaban J connectivity index is 1.72. The number of rotatable bonds is 4. The first kappa shape index (κ1) is 15.5. The molecule has 0 spiro atoms. The number of benzene rings is 2. The summed E-state index contributed by atoms with van der Waals surface area (Å²) in [7, 11) is 0. The van der Waals surface area contributed by atoms with Crippen LogP contribution in [0.15, 0.2) is 42.5 Å². The minimum Gasteiger partial charge on any atom is -0.454 e. The second-order valence-corrected chi connectivity index (χ2v) is 5.74. The molecule has 1 fully saturated rings. The van der Waals surface area contributed by atoms with Gasteiger partial charge < -0.3 is 4.74 Å². The van der Waals surface area contributed by atoms with Gasteiger partial charge in [0.15, 0.2) is 11.6 Å². The molecule has 0 saturated heterocycles. The fourth-order valence-electron chi connectivity index (χ4n) is 2.98. The highest BCUT2D eigenvalue weighted by atomic mass is 19.1. The van der Waals surface area contributed by atoms with E-state index in [1.54, 1.807) is 0 Å². The van der Waals surface area contributed by atoms with Gasteiger partial charge in [0.05, 0.1) is 0 Å². The van der Waals surface area contributed by atoms with Crippen molar-refractivity contribution in [2.24, 2.45) is 0 Å². The zero-order chi connectivity index (χ0) is 16.2. The van der Waals surface area contributed by atoms with Crippen LogP contribution < -0.4 is 10.2 Å². The van der Waals surface area contributed by atoms with Crippen LogP contribution in [0.1, 0.15) is 47.5 Å². The topological polar surface area (TPSA) is 58.6 Å². The van der Waals surface area contributed by atoms with Crippen molar-refractivity contribution in [3.63, 3.8) is 0 Å². The highest BCUT2D eigenvalue weighted by molar-refractivity contribution is 5.93. The first-order valence-corrected chi connectivity index (χ1v) is 7.69. The summed E-state index contributed by atoms with van der Waals surface area (Å²) in [5.74, 6) is -0.225. The van der Waals surface area contributed by atoms with E-state index in [1.165, 1.54) is 48.9 Å². The van der Waals surface area contributed by atoms with Crippen LogP contribution in [0.5, 0.6) is 11.5 Å². The first-order chi connectivity index (χ1) is 11.2. The van der Waals surface area contributed by atoms with Crippen molar-refractivity contribution < 1.29 is 19.1 Å². The molecule has 120 valence electrons. The third-order valence-corrected chi connectivity index (χ3v) is 4.23. The second kappa shape index (κ2) is 6.79. The average Bonchev–Trinajstić information content (AvgIpc) is 3.11. The predicted octanol–water partition coefficient (Wildman–Crippen LogP) is 4.39. The number of hydrogen-bond donors (Lipinski definition) is 2. The average molecular weight is 315 g/mol. The number of carbonyl (C=O) groups excluding carboxylic acids is 1. The van der Waals surface area contributed by atoms with E-state index in [9.17, 15) is 9.18 Å². The lowest BCUT2D eigenvalue weighted by atomic mass is 9.98. The van der Waals surface area contributed by atoms with Gasteiger partial charge in [-0.15, -0.1) is 0 Å². The monoisotopic (exact) mass is 315 g/mol. The van der Waals surface area contributed by atoms with Gasteiger partial charge in [0, 0.05) is 5.56 Å². The van der Waals surface area contributed by atoms with Gasteiger partial charge >= 0.3 is 0 Å². The van der Waals surface area contributed by atoms with Crippen LogP contribution in [0, 0.1) is 5.82 Å². The fourth-order valence-corrected chi connectivity index (χ4v) is 2.98. The lowest BCUT2D eigenvalue weighted by molar-refractivity contribution is 0.0706. The summed E-state index contributed by atoms with van der Waals surface area (Å²) < 4.78 is 19.5. The third kappa shape index (κ3) is 3.51. The van der Waals surface area contributed by atoms with Crippen molar-refractivity contribution in [2.75, 3.05) is 0 Å². The maximum absolute atomic E-state index is 14.0. The van der Waals surface area contributed by atoms with Crippen LogP contribution in [0.25, 0.3) is 0 Å². The Kier molecular flexibility index (Phi) is 4.57. The Morgan fingerprint density at radius 2 is 1.83 bits per heavy atom. The predicted molar refractivity (Wildman–Crippen MR) is 83.4 cm³/mol. The van der Waals surface area contributed by atoms with Gasteiger partial charge in [-0.1, -0.05) is 25.0 Å². The molecule has 2 aromatic rings. The van der Waals surface area contributed by atoms with E-state index in [0.29, 0.717) is 11.7 Å². The first-order valence-electron chi connectivity index (χ1n) is 7.69. The summed E-state index contributed by atoms with van der Waals surface area (Å²) >= 11 is 0. The normalized spacial score (nSPS) is 14.7. The van der Waals surface area contributed by atoms with Gasteiger partial charge in [-0.05, 0) is 54.7 Å². The number of halogens is 1. The van der Waals surface area contributed by atoms with E-state index in [2.05, 4.69) is 0 Å². The Labute approximate surface area is 133 Å². The highest BCUT2D eigenvalue weighted by Gasteiger charge is 2.17. The van der Waals surface area contributed by atoms with E-state index < -0.39 is 11.7 Å². The highest BCUT2D eigenvalue weighted by Crippen LogP contribution is 2.35. The molecule has 1 saturated carbocycles. The molecule has 5 heteroatoms. The van der Waals surface area contributed by atoms with E-state index in [4.69, 9.17) is 9.94 Å².